The molecule has 3 nitrogen and oxygen atoms in total. The molecule has 0 bridgehead atoms. The highest BCUT2D eigenvalue weighted by Crippen LogP contribution is 2.39. The van der Waals surface area contributed by atoms with Crippen LogP contribution in [-0.2, 0) is 5.92 Å². The van der Waals surface area contributed by atoms with E-state index in [-0.39, 0.29) is 10.0 Å². The van der Waals surface area contributed by atoms with Crippen molar-refractivity contribution in [3.8, 4) is 0 Å². The maximum absolute atomic E-state index is 13.0. The van der Waals surface area contributed by atoms with E-state index in [1.807, 2.05) is 0 Å². The second-order valence-electron chi connectivity index (χ2n) is 2.93. The summed E-state index contributed by atoms with van der Waals surface area (Å²) in [6.45, 7) is 0.555. The standard InChI is InChI=1S/C8H5Cl2F2NO2/c1-8(11,12)4-2-5(9)6(10)3-7(4)13(14)15/h2-3H,1H3. The predicted molar refractivity (Wildman–Crippen MR) is 52.7 cm³/mol. The Hall–Kier alpha value is -0.940. The van der Waals surface area contributed by atoms with Crippen molar-refractivity contribution < 1.29 is 13.7 Å². The minimum Gasteiger partial charge on any atom is -0.258 e. The van der Waals surface area contributed by atoms with E-state index in [2.05, 4.69) is 0 Å². The summed E-state index contributed by atoms with van der Waals surface area (Å²) in [7, 11) is 0. The molecule has 0 atom stereocenters. The van der Waals surface area contributed by atoms with Crippen LogP contribution in [0.5, 0.6) is 0 Å². The number of hydrogen-bond donors (Lipinski definition) is 0. The Labute approximate surface area is 93.8 Å². The fourth-order valence-corrected chi connectivity index (χ4v) is 1.36. The Kier molecular flexibility index (Phi) is 3.16. The van der Waals surface area contributed by atoms with Gasteiger partial charge in [0, 0.05) is 13.0 Å². The molecule has 82 valence electrons. The Morgan fingerprint density at radius 1 is 1.33 bits per heavy atom. The van der Waals surface area contributed by atoms with Crippen LogP contribution in [0.3, 0.4) is 0 Å². The van der Waals surface area contributed by atoms with E-state index in [1.54, 1.807) is 0 Å². The van der Waals surface area contributed by atoms with Gasteiger partial charge in [0.15, 0.2) is 0 Å². The zero-order chi connectivity index (χ0) is 11.8. The summed E-state index contributed by atoms with van der Waals surface area (Å²) in [4.78, 5) is 9.58. The summed E-state index contributed by atoms with van der Waals surface area (Å²) in [6, 6.07) is 1.62. The van der Waals surface area contributed by atoms with Crippen LogP contribution >= 0.6 is 23.2 Å². The zero-order valence-corrected chi connectivity index (χ0v) is 8.94. The van der Waals surface area contributed by atoms with Crippen molar-refractivity contribution in [2.75, 3.05) is 0 Å². The Morgan fingerprint density at radius 3 is 2.20 bits per heavy atom. The first-order valence-corrected chi connectivity index (χ1v) is 4.51. The monoisotopic (exact) mass is 255 g/mol. The number of nitrogens with zero attached hydrogens (tertiary/aromatic N) is 1. The molecule has 0 N–H and O–H groups in total. The molecular weight excluding hydrogens is 251 g/mol. The summed E-state index contributed by atoms with van der Waals surface area (Å²) in [5, 5.41) is 10.2. The fourth-order valence-electron chi connectivity index (χ4n) is 1.04. The number of hydrogen-bond acceptors (Lipinski definition) is 2. The topological polar surface area (TPSA) is 43.1 Å². The third-order valence-corrected chi connectivity index (χ3v) is 2.43. The van der Waals surface area contributed by atoms with Crippen LogP contribution < -0.4 is 0 Å². The first-order valence-electron chi connectivity index (χ1n) is 3.75. The summed E-state index contributed by atoms with van der Waals surface area (Å²) in [5.74, 6) is -3.34. The molecule has 0 amide bonds. The van der Waals surface area contributed by atoms with Crippen molar-refractivity contribution in [2.24, 2.45) is 0 Å². The van der Waals surface area contributed by atoms with Gasteiger partial charge >= 0.3 is 0 Å². The van der Waals surface area contributed by atoms with Crippen LogP contribution in [0.4, 0.5) is 14.5 Å². The van der Waals surface area contributed by atoms with Gasteiger partial charge < -0.3 is 0 Å². The van der Waals surface area contributed by atoms with Crippen LogP contribution in [0.25, 0.3) is 0 Å². The predicted octanol–water partition coefficient (Wildman–Crippen LogP) is 4.01. The van der Waals surface area contributed by atoms with Gasteiger partial charge in [0.25, 0.3) is 11.6 Å². The number of benzene rings is 1. The van der Waals surface area contributed by atoms with E-state index in [4.69, 9.17) is 23.2 Å². The maximum Gasteiger partial charge on any atom is 0.280 e. The van der Waals surface area contributed by atoms with Gasteiger partial charge in [0.1, 0.15) is 0 Å². The summed E-state index contributed by atoms with van der Waals surface area (Å²) < 4.78 is 26.0. The van der Waals surface area contributed by atoms with E-state index >= 15 is 0 Å². The smallest absolute Gasteiger partial charge is 0.258 e. The van der Waals surface area contributed by atoms with Crippen LogP contribution in [0.2, 0.25) is 10.0 Å². The van der Waals surface area contributed by atoms with Gasteiger partial charge in [-0.3, -0.25) is 10.1 Å². The summed E-state index contributed by atoms with van der Waals surface area (Å²) >= 11 is 11.0. The molecule has 1 aromatic carbocycles. The minimum absolute atomic E-state index is 0.128. The molecule has 1 rings (SSSR count). The van der Waals surface area contributed by atoms with E-state index in [9.17, 15) is 18.9 Å². The number of nitro groups is 1. The van der Waals surface area contributed by atoms with E-state index in [0.29, 0.717) is 6.92 Å². The molecule has 7 heteroatoms. The maximum atomic E-state index is 13.0. The average Bonchev–Trinajstić information content (AvgIpc) is 2.06. The van der Waals surface area contributed by atoms with Gasteiger partial charge in [-0.2, -0.15) is 0 Å². The molecule has 0 saturated carbocycles. The molecule has 0 fully saturated rings. The molecule has 0 aromatic heterocycles. The van der Waals surface area contributed by atoms with Gasteiger partial charge in [-0.1, -0.05) is 23.2 Å². The van der Waals surface area contributed by atoms with Crippen molar-refractivity contribution in [3.05, 3.63) is 37.9 Å². The molecule has 0 unspecified atom stereocenters. The Bertz CT molecular complexity index is 418. The fraction of sp³-hybridized carbons (Fsp3) is 0.250. The highest BCUT2D eigenvalue weighted by molar-refractivity contribution is 6.42. The molecule has 0 aliphatic carbocycles. The lowest BCUT2D eigenvalue weighted by molar-refractivity contribution is -0.386. The Balaban J connectivity index is 3.49. The lowest BCUT2D eigenvalue weighted by atomic mass is 10.1. The lowest BCUT2D eigenvalue weighted by Crippen LogP contribution is -2.10. The van der Waals surface area contributed by atoms with E-state index in [1.165, 1.54) is 0 Å². The number of alkyl halides is 2. The van der Waals surface area contributed by atoms with Crippen LogP contribution in [0, 0.1) is 10.1 Å². The highest BCUT2D eigenvalue weighted by Gasteiger charge is 2.34. The first-order chi connectivity index (χ1) is 6.73. The van der Waals surface area contributed by atoms with Crippen LogP contribution in [-0.4, -0.2) is 4.92 Å². The van der Waals surface area contributed by atoms with Crippen molar-refractivity contribution in [1.82, 2.24) is 0 Å². The largest absolute Gasteiger partial charge is 0.280 e. The van der Waals surface area contributed by atoms with Gasteiger partial charge in [0.2, 0.25) is 0 Å². The second kappa shape index (κ2) is 3.90. The third-order valence-electron chi connectivity index (χ3n) is 1.71. The van der Waals surface area contributed by atoms with Gasteiger partial charge in [0.05, 0.1) is 20.5 Å². The van der Waals surface area contributed by atoms with Gasteiger partial charge in [-0.05, 0) is 6.07 Å². The first kappa shape index (κ1) is 12.1. The highest BCUT2D eigenvalue weighted by atomic mass is 35.5. The molecular formula is C8H5Cl2F2NO2. The lowest BCUT2D eigenvalue weighted by Gasteiger charge is -2.11. The summed E-state index contributed by atoms with van der Waals surface area (Å²) in [6.07, 6.45) is 0. The number of rotatable bonds is 2. The van der Waals surface area contributed by atoms with Crippen LogP contribution in [0.15, 0.2) is 12.1 Å². The molecule has 0 spiro atoms. The zero-order valence-electron chi connectivity index (χ0n) is 7.43. The van der Waals surface area contributed by atoms with Crippen molar-refractivity contribution in [2.45, 2.75) is 12.8 Å². The van der Waals surface area contributed by atoms with Crippen LogP contribution in [0.1, 0.15) is 12.5 Å². The van der Waals surface area contributed by atoms with Crippen molar-refractivity contribution >= 4 is 28.9 Å². The number of nitro benzene ring substituents is 1. The summed E-state index contributed by atoms with van der Waals surface area (Å²) in [5.41, 5.74) is -1.49. The quantitative estimate of drug-likeness (QED) is 0.592. The van der Waals surface area contributed by atoms with Gasteiger partial charge in [-0.25, -0.2) is 8.78 Å². The number of halogens is 4. The molecule has 0 aliphatic heterocycles. The minimum atomic E-state index is -3.34. The normalized spacial score (nSPS) is 11.5. The van der Waals surface area contributed by atoms with Crippen molar-refractivity contribution in [1.29, 1.82) is 0 Å². The molecule has 1 aromatic rings. The third kappa shape index (κ3) is 2.54. The SMILES string of the molecule is CC(F)(F)c1cc(Cl)c(Cl)cc1[N+](=O)[O-]. The Morgan fingerprint density at radius 2 is 1.80 bits per heavy atom. The van der Waals surface area contributed by atoms with E-state index < -0.39 is 22.1 Å². The van der Waals surface area contributed by atoms with Gasteiger partial charge in [-0.15, -0.1) is 0 Å². The second-order valence-corrected chi connectivity index (χ2v) is 3.74. The molecule has 0 aliphatic rings. The molecule has 0 saturated heterocycles. The van der Waals surface area contributed by atoms with Crippen molar-refractivity contribution in [3.63, 3.8) is 0 Å². The van der Waals surface area contributed by atoms with E-state index in [0.717, 1.165) is 12.1 Å². The molecule has 0 heterocycles. The molecule has 0 radical (unpaired) electrons. The average molecular weight is 256 g/mol. The molecule has 15 heavy (non-hydrogen) atoms.